The van der Waals surface area contributed by atoms with Gasteiger partial charge in [0.15, 0.2) is 14.7 Å². The predicted octanol–water partition coefficient (Wildman–Crippen LogP) is 6.83. The summed E-state index contributed by atoms with van der Waals surface area (Å²) >= 11 is 0. The van der Waals surface area contributed by atoms with Crippen LogP contribution in [0.2, 0.25) is 0 Å². The molecule has 6 heteroatoms. The van der Waals surface area contributed by atoms with Gasteiger partial charge in [-0.05, 0) is 84.5 Å². The maximum Gasteiger partial charge on any atom is 0.166 e. The molecule has 0 saturated heterocycles. The van der Waals surface area contributed by atoms with E-state index in [0.29, 0.717) is 12.8 Å². The molecule has 38 heavy (non-hydrogen) atoms. The Morgan fingerprint density at radius 2 is 1.29 bits per heavy atom. The van der Waals surface area contributed by atoms with Gasteiger partial charge < -0.3 is 4.55 Å². The number of carbonyl (C=O) groups excluding carboxylic acids is 1. The predicted molar refractivity (Wildman–Crippen MR) is 153 cm³/mol. The molecular formula is C32H38O4S2. The number of Topliss-reactive ketones (excluding diaryl/α,β-unsaturated/α-hetero) is 1. The zero-order valence-electron chi connectivity index (χ0n) is 22.8. The third-order valence-electron chi connectivity index (χ3n) is 8.68. The summed E-state index contributed by atoms with van der Waals surface area (Å²) < 4.78 is 32.7. The zero-order chi connectivity index (χ0) is 27.6. The number of fused-ring (bicyclic) bond motifs is 2. The van der Waals surface area contributed by atoms with E-state index in [1.807, 2.05) is 13.8 Å². The standard InChI is InChI=1S/C22H23S.C10H16O4S/c1-3-18-10-14-21(15-11-18)23(20-8-6-5-7-9-20)22-16-12-19(4-2)13-17-22;1-9(2)7-3-4-10(9,8(11)5-7)6-15(12,13)14/h5-17H,3-4H2,1-2H3;7H,3-6H2,1-2H3,(H,12,13,14)/q+1;/p-1. The Kier molecular flexibility index (Phi) is 8.55. The fourth-order valence-corrected chi connectivity index (χ4v) is 9.44. The van der Waals surface area contributed by atoms with Crippen LogP contribution in [0.1, 0.15) is 58.1 Å². The van der Waals surface area contributed by atoms with Crippen molar-refractivity contribution in [2.75, 3.05) is 5.75 Å². The first kappa shape index (κ1) is 28.6. The minimum absolute atomic E-state index is 0.0248. The quantitative estimate of drug-likeness (QED) is 0.239. The lowest BCUT2D eigenvalue weighted by Gasteiger charge is -2.37. The van der Waals surface area contributed by atoms with Crippen LogP contribution in [0.5, 0.6) is 0 Å². The molecule has 0 heterocycles. The van der Waals surface area contributed by atoms with Crippen molar-refractivity contribution < 1.29 is 17.8 Å². The second-order valence-corrected chi connectivity index (χ2v) is 14.4. The zero-order valence-corrected chi connectivity index (χ0v) is 24.4. The van der Waals surface area contributed by atoms with E-state index in [2.05, 4.69) is 92.7 Å². The SMILES string of the molecule is CC1(C)C2CCC1(CS(=O)(=O)[O-])C(=O)C2.CCc1ccc([S+](c2ccccc2)c2ccc(CC)cc2)cc1. The van der Waals surface area contributed by atoms with Gasteiger partial charge in [-0.25, -0.2) is 8.42 Å². The first-order chi connectivity index (χ1) is 18.0. The van der Waals surface area contributed by atoms with Crippen LogP contribution in [0.4, 0.5) is 0 Å². The largest absolute Gasteiger partial charge is 0.748 e. The fourth-order valence-electron chi connectivity index (χ4n) is 6.10. The third kappa shape index (κ3) is 5.78. The van der Waals surface area contributed by atoms with Crippen LogP contribution in [0, 0.1) is 16.7 Å². The van der Waals surface area contributed by atoms with E-state index < -0.39 is 21.3 Å². The van der Waals surface area contributed by atoms with Gasteiger partial charge in [0.25, 0.3) is 0 Å². The lowest BCUT2D eigenvalue weighted by molar-refractivity contribution is -0.128. The topological polar surface area (TPSA) is 74.3 Å². The highest BCUT2D eigenvalue weighted by Gasteiger charge is 2.64. The molecule has 0 N–H and O–H groups in total. The first-order valence-corrected chi connectivity index (χ1v) is 16.2. The first-order valence-electron chi connectivity index (χ1n) is 13.4. The van der Waals surface area contributed by atoms with Crippen LogP contribution in [0.15, 0.2) is 93.5 Å². The van der Waals surface area contributed by atoms with E-state index in [9.17, 15) is 17.8 Å². The fraction of sp³-hybridized carbons (Fsp3) is 0.406. The van der Waals surface area contributed by atoms with E-state index >= 15 is 0 Å². The van der Waals surface area contributed by atoms with Crippen molar-refractivity contribution in [1.82, 2.24) is 0 Å². The molecule has 3 aromatic carbocycles. The summed E-state index contributed by atoms with van der Waals surface area (Å²) in [5.74, 6) is -0.280. The molecule has 202 valence electrons. The Hall–Kier alpha value is -2.41. The second kappa shape index (κ2) is 11.4. The summed E-state index contributed by atoms with van der Waals surface area (Å²) in [6.07, 6.45) is 4.05. The highest BCUT2D eigenvalue weighted by Crippen LogP contribution is 2.64. The van der Waals surface area contributed by atoms with Gasteiger partial charge in [0, 0.05) is 11.8 Å². The van der Waals surface area contributed by atoms with Crippen LogP contribution in [-0.2, 0) is 38.6 Å². The molecule has 5 rings (SSSR count). The lowest BCUT2D eigenvalue weighted by atomic mass is 9.70. The molecule has 0 radical (unpaired) electrons. The summed E-state index contributed by atoms with van der Waals surface area (Å²) in [7, 11) is -4.36. The number of carbonyl (C=O) groups is 1. The van der Waals surface area contributed by atoms with Crippen LogP contribution in [0.25, 0.3) is 0 Å². The van der Waals surface area contributed by atoms with Gasteiger partial charge in [-0.3, -0.25) is 4.79 Å². The highest BCUT2D eigenvalue weighted by molar-refractivity contribution is 7.97. The van der Waals surface area contributed by atoms with Gasteiger partial charge in [0.05, 0.1) is 26.8 Å². The Bertz CT molecular complexity index is 1300. The normalized spacial score (nSPS) is 21.8. The third-order valence-corrected chi connectivity index (χ3v) is 11.8. The molecule has 2 bridgehead atoms. The second-order valence-electron chi connectivity index (χ2n) is 11.0. The number of ketones is 1. The molecular weight excluding hydrogens is 512 g/mol. The van der Waals surface area contributed by atoms with Gasteiger partial charge in [-0.2, -0.15) is 0 Å². The smallest absolute Gasteiger partial charge is 0.166 e. The Morgan fingerprint density at radius 3 is 1.66 bits per heavy atom. The number of hydrogen-bond acceptors (Lipinski definition) is 4. The van der Waals surface area contributed by atoms with Crippen molar-refractivity contribution in [1.29, 1.82) is 0 Å². The molecule has 2 atom stereocenters. The Labute approximate surface area is 231 Å². The van der Waals surface area contributed by atoms with Gasteiger partial charge in [-0.15, -0.1) is 0 Å². The van der Waals surface area contributed by atoms with Crippen molar-refractivity contribution in [3.05, 3.63) is 90.0 Å². The maximum absolute atomic E-state index is 11.8. The number of rotatable bonds is 7. The van der Waals surface area contributed by atoms with Crippen molar-refractivity contribution in [2.24, 2.45) is 16.7 Å². The molecule has 2 unspecified atom stereocenters. The molecule has 2 fully saturated rings. The molecule has 2 saturated carbocycles. The van der Waals surface area contributed by atoms with Crippen molar-refractivity contribution in [2.45, 2.75) is 74.5 Å². The highest BCUT2D eigenvalue weighted by atomic mass is 32.2. The minimum Gasteiger partial charge on any atom is -0.748 e. The van der Waals surface area contributed by atoms with Gasteiger partial charge >= 0.3 is 0 Å². The van der Waals surface area contributed by atoms with Crippen LogP contribution in [-0.4, -0.2) is 24.5 Å². The van der Waals surface area contributed by atoms with E-state index in [1.54, 1.807) is 0 Å². The molecule has 0 amide bonds. The molecule has 2 aliphatic rings. The average molecular weight is 551 g/mol. The van der Waals surface area contributed by atoms with Gasteiger partial charge in [0.1, 0.15) is 5.78 Å². The van der Waals surface area contributed by atoms with Crippen LogP contribution >= 0.6 is 0 Å². The number of benzene rings is 3. The lowest BCUT2D eigenvalue weighted by Crippen LogP contribution is -2.42. The molecule has 2 aliphatic carbocycles. The van der Waals surface area contributed by atoms with E-state index in [0.717, 1.165) is 19.3 Å². The van der Waals surface area contributed by atoms with Crippen LogP contribution in [0.3, 0.4) is 0 Å². The van der Waals surface area contributed by atoms with Crippen LogP contribution < -0.4 is 0 Å². The maximum atomic E-state index is 11.8. The average Bonchev–Trinajstić information content (AvgIpc) is 3.24. The summed E-state index contributed by atoms with van der Waals surface area (Å²) in [6.45, 7) is 8.24. The van der Waals surface area contributed by atoms with Crippen molar-refractivity contribution in [3.8, 4) is 0 Å². The van der Waals surface area contributed by atoms with E-state index in [1.165, 1.54) is 25.8 Å². The van der Waals surface area contributed by atoms with Gasteiger partial charge in [-0.1, -0.05) is 70.2 Å². The van der Waals surface area contributed by atoms with Gasteiger partial charge in [0.2, 0.25) is 0 Å². The molecule has 0 aromatic heterocycles. The Balaban J connectivity index is 0.000000194. The summed E-state index contributed by atoms with van der Waals surface area (Å²) in [5.41, 5.74) is 1.57. The molecule has 4 nitrogen and oxygen atoms in total. The van der Waals surface area contributed by atoms with Crippen molar-refractivity contribution >= 4 is 26.8 Å². The molecule has 0 aliphatic heterocycles. The monoisotopic (exact) mass is 550 g/mol. The summed E-state index contributed by atoms with van der Waals surface area (Å²) in [4.78, 5) is 16.0. The van der Waals surface area contributed by atoms with Crippen molar-refractivity contribution in [3.63, 3.8) is 0 Å². The molecule has 3 aromatic rings. The van der Waals surface area contributed by atoms with E-state index in [4.69, 9.17) is 0 Å². The Morgan fingerprint density at radius 1 is 0.816 bits per heavy atom. The van der Waals surface area contributed by atoms with E-state index in [-0.39, 0.29) is 28.0 Å². The number of hydrogen-bond donors (Lipinski definition) is 0. The summed E-state index contributed by atoms with van der Waals surface area (Å²) in [6, 6.07) is 29.1. The summed E-state index contributed by atoms with van der Waals surface area (Å²) in [5, 5.41) is 0. The minimum atomic E-state index is -4.33. The number of aryl methyl sites for hydroxylation is 2. The molecule has 0 spiro atoms.